The van der Waals surface area contributed by atoms with Crippen molar-refractivity contribution in [1.29, 1.82) is 0 Å². The second kappa shape index (κ2) is 3.92. The lowest BCUT2D eigenvalue weighted by molar-refractivity contribution is 0.0574. The molecule has 1 aromatic heterocycles. The number of rotatable bonds is 2. The molecule has 1 aromatic carbocycles. The fraction of sp³-hybridized carbons (Fsp3) is 0. The quantitative estimate of drug-likeness (QED) is 0.743. The molecule has 0 aliphatic rings. The molecule has 0 unspecified atom stereocenters. The van der Waals surface area contributed by atoms with Gasteiger partial charge in [0, 0.05) is 18.0 Å². The minimum absolute atomic E-state index is 0.186. The number of hydrogen-bond acceptors (Lipinski definition) is 2. The lowest BCUT2D eigenvalue weighted by Crippen LogP contribution is -1.97. The van der Waals surface area contributed by atoms with E-state index in [9.17, 15) is 9.90 Å². The summed E-state index contributed by atoms with van der Waals surface area (Å²) in [7, 11) is 0. The average molecular weight is 198 g/mol. The molecule has 0 spiro atoms. The van der Waals surface area contributed by atoms with Crippen LogP contribution in [-0.4, -0.2) is 11.0 Å². The van der Waals surface area contributed by atoms with Gasteiger partial charge >= 0.3 is 5.97 Å². The number of aromatic nitrogens is 1. The lowest BCUT2D eigenvalue weighted by atomic mass is 10.0. The van der Waals surface area contributed by atoms with E-state index < -0.39 is 5.97 Å². The van der Waals surface area contributed by atoms with E-state index >= 15 is 0 Å². The van der Waals surface area contributed by atoms with Gasteiger partial charge < -0.3 is 0 Å². The minimum atomic E-state index is -1.17. The molecule has 0 N–H and O–H groups in total. The van der Waals surface area contributed by atoms with Crippen LogP contribution in [0.1, 0.15) is 10.4 Å². The second-order valence-electron chi connectivity index (χ2n) is 3.07. The topological polar surface area (TPSA) is 49.9 Å². The summed E-state index contributed by atoms with van der Waals surface area (Å²) in [5.41, 5.74) is 1.59. The van der Waals surface area contributed by atoms with E-state index in [1.807, 2.05) is 6.07 Å². The van der Waals surface area contributed by atoms with E-state index in [4.69, 9.17) is 0 Å². The number of carbonyl (C=O) groups excluding carboxylic acids is 1. The summed E-state index contributed by atoms with van der Waals surface area (Å²) in [6.45, 7) is 0. The van der Waals surface area contributed by atoms with Crippen LogP contribution in [0.5, 0.6) is 0 Å². The summed E-state index contributed by atoms with van der Waals surface area (Å²) >= 11 is 0. The molecular weight excluding hydrogens is 190 g/mol. The normalized spacial score (nSPS) is 9.87. The monoisotopic (exact) mass is 198 g/mol. The first-order valence-electron chi connectivity index (χ1n) is 4.50. The van der Waals surface area contributed by atoms with Crippen LogP contribution in [0.2, 0.25) is 0 Å². The van der Waals surface area contributed by atoms with Gasteiger partial charge in [-0.3, -0.25) is 4.98 Å². The lowest BCUT2D eigenvalue weighted by Gasteiger charge is -2.03. The van der Waals surface area contributed by atoms with Gasteiger partial charge in [-0.1, -0.05) is 24.3 Å². The van der Waals surface area contributed by atoms with Crippen molar-refractivity contribution in [3.8, 4) is 11.1 Å². The number of hydrogen-bond donors (Lipinski definition) is 0. The number of carbonyl (C=O) groups is 1. The largest absolute Gasteiger partial charge is 0.386 e. The number of benzene rings is 1. The van der Waals surface area contributed by atoms with Crippen LogP contribution < -0.4 is 0 Å². The van der Waals surface area contributed by atoms with Crippen molar-refractivity contribution in [2.75, 3.05) is 0 Å². The van der Waals surface area contributed by atoms with Crippen LogP contribution in [0.4, 0.5) is 0 Å². The average Bonchev–Trinajstić information content (AvgIpc) is 2.30. The summed E-state index contributed by atoms with van der Waals surface area (Å²) in [5.74, 6) is -1.17. The molecule has 0 atom stereocenters. The van der Waals surface area contributed by atoms with Crippen LogP contribution >= 0.6 is 0 Å². The molecule has 15 heavy (non-hydrogen) atoms. The Bertz CT molecular complexity index is 480. The van der Waals surface area contributed by atoms with E-state index in [0.29, 0.717) is 5.56 Å². The van der Waals surface area contributed by atoms with Crippen molar-refractivity contribution in [1.82, 2.24) is 4.98 Å². The molecule has 1 radical (unpaired) electrons. The zero-order valence-electron chi connectivity index (χ0n) is 7.88. The summed E-state index contributed by atoms with van der Waals surface area (Å²) < 4.78 is 0. The molecule has 2 rings (SSSR count). The van der Waals surface area contributed by atoms with Gasteiger partial charge in [0.15, 0.2) is 0 Å². The zero-order valence-corrected chi connectivity index (χ0v) is 7.88. The molecule has 3 nitrogen and oxygen atoms in total. The van der Waals surface area contributed by atoms with Gasteiger partial charge in [0.05, 0.1) is 5.56 Å². The Hall–Kier alpha value is -2.16. The van der Waals surface area contributed by atoms with E-state index in [0.717, 1.165) is 5.56 Å². The molecule has 0 saturated carbocycles. The van der Waals surface area contributed by atoms with Crippen LogP contribution in [0.3, 0.4) is 0 Å². The maximum atomic E-state index is 10.9. The second-order valence-corrected chi connectivity index (χ2v) is 3.07. The SMILES string of the molecule is [O]C(=O)c1ccccc1-c1cccnc1. The number of pyridine rings is 1. The summed E-state index contributed by atoms with van der Waals surface area (Å²) in [5, 5.41) is 10.9. The first-order valence-corrected chi connectivity index (χ1v) is 4.50. The molecule has 73 valence electrons. The Balaban J connectivity index is 2.58. The van der Waals surface area contributed by atoms with Gasteiger partial charge in [-0.05, 0) is 17.7 Å². The van der Waals surface area contributed by atoms with E-state index in [-0.39, 0.29) is 5.56 Å². The Labute approximate surface area is 87.0 Å². The van der Waals surface area contributed by atoms with Crippen molar-refractivity contribution in [3.63, 3.8) is 0 Å². The Morgan fingerprint density at radius 2 is 1.87 bits per heavy atom. The van der Waals surface area contributed by atoms with E-state index in [1.165, 1.54) is 6.07 Å². The van der Waals surface area contributed by atoms with Crippen molar-refractivity contribution in [2.45, 2.75) is 0 Å². The summed E-state index contributed by atoms with van der Waals surface area (Å²) in [6, 6.07) is 10.3. The highest BCUT2D eigenvalue weighted by atomic mass is 16.4. The Morgan fingerprint density at radius 1 is 1.07 bits per heavy atom. The molecule has 0 aliphatic carbocycles. The molecule has 3 heteroatoms. The maximum absolute atomic E-state index is 10.9. The van der Waals surface area contributed by atoms with Crippen molar-refractivity contribution in [2.24, 2.45) is 0 Å². The van der Waals surface area contributed by atoms with Crippen molar-refractivity contribution >= 4 is 5.97 Å². The van der Waals surface area contributed by atoms with Gasteiger partial charge in [0.25, 0.3) is 0 Å². The van der Waals surface area contributed by atoms with Crippen molar-refractivity contribution in [3.05, 3.63) is 54.4 Å². The fourth-order valence-corrected chi connectivity index (χ4v) is 1.43. The molecule has 2 aromatic rings. The third kappa shape index (κ3) is 1.86. The standard InChI is InChI=1S/C12H8NO2/c14-12(15)11-6-2-1-5-10(11)9-4-3-7-13-8-9/h1-8H. The summed E-state index contributed by atoms with van der Waals surface area (Å²) in [4.78, 5) is 14.8. The highest BCUT2D eigenvalue weighted by Gasteiger charge is 2.11. The maximum Gasteiger partial charge on any atom is 0.386 e. The first kappa shape index (κ1) is 9.40. The summed E-state index contributed by atoms with van der Waals surface area (Å²) in [6.07, 6.45) is 3.27. The third-order valence-electron chi connectivity index (χ3n) is 2.12. The highest BCUT2D eigenvalue weighted by Crippen LogP contribution is 2.22. The van der Waals surface area contributed by atoms with E-state index in [1.54, 1.807) is 36.7 Å². The molecule has 0 bridgehead atoms. The molecule has 0 aliphatic heterocycles. The van der Waals surface area contributed by atoms with Gasteiger partial charge in [-0.15, -0.1) is 0 Å². The van der Waals surface area contributed by atoms with Gasteiger partial charge in [0.2, 0.25) is 0 Å². The molecule has 0 amide bonds. The minimum Gasteiger partial charge on any atom is -0.264 e. The van der Waals surface area contributed by atoms with Crippen LogP contribution in [-0.2, 0) is 5.11 Å². The van der Waals surface area contributed by atoms with Gasteiger partial charge in [-0.25, -0.2) is 9.90 Å². The van der Waals surface area contributed by atoms with Crippen LogP contribution in [0.25, 0.3) is 11.1 Å². The molecule has 1 heterocycles. The molecule has 0 fully saturated rings. The van der Waals surface area contributed by atoms with Gasteiger partial charge in [-0.2, -0.15) is 0 Å². The fourth-order valence-electron chi connectivity index (χ4n) is 1.43. The highest BCUT2D eigenvalue weighted by molar-refractivity contribution is 5.95. The predicted octanol–water partition coefficient (Wildman–Crippen LogP) is 2.32. The van der Waals surface area contributed by atoms with Crippen molar-refractivity contribution < 1.29 is 9.90 Å². The predicted molar refractivity (Wildman–Crippen MR) is 54.7 cm³/mol. The third-order valence-corrected chi connectivity index (χ3v) is 2.12. The Morgan fingerprint density at radius 3 is 2.53 bits per heavy atom. The number of nitrogens with zero attached hydrogens (tertiary/aromatic N) is 1. The van der Waals surface area contributed by atoms with E-state index in [2.05, 4.69) is 4.98 Å². The first-order chi connectivity index (χ1) is 7.29. The van der Waals surface area contributed by atoms with Gasteiger partial charge in [0.1, 0.15) is 0 Å². The molecular formula is C12H8NO2. The Kier molecular flexibility index (Phi) is 2.46. The van der Waals surface area contributed by atoms with Crippen LogP contribution in [0.15, 0.2) is 48.8 Å². The zero-order chi connectivity index (χ0) is 10.7. The smallest absolute Gasteiger partial charge is 0.264 e. The molecule has 0 saturated heterocycles. The van der Waals surface area contributed by atoms with Crippen LogP contribution in [0, 0.1) is 0 Å².